The minimum Gasteiger partial charge on any atom is -0.477 e. The van der Waals surface area contributed by atoms with Crippen LogP contribution in [0, 0.1) is 0 Å². The van der Waals surface area contributed by atoms with Crippen molar-refractivity contribution in [2.24, 2.45) is 0 Å². The van der Waals surface area contributed by atoms with Gasteiger partial charge in [0.25, 0.3) is 0 Å². The molecule has 1 N–H and O–H groups in total. The van der Waals surface area contributed by atoms with E-state index in [1.165, 1.54) is 30.6 Å². The number of thiazole rings is 1. The number of hydrogen-bond donors (Lipinski definition) is 1. The number of carboxylic acid groups (broad SMARTS) is 1. The molecule has 5 heteroatoms. The Bertz CT molecular complexity index is 399. The van der Waals surface area contributed by atoms with Gasteiger partial charge < -0.3 is 10.0 Å². The van der Waals surface area contributed by atoms with Crippen LogP contribution in [0.25, 0.3) is 0 Å². The molecule has 0 radical (unpaired) electrons. The fraction of sp³-hybridized carbons (Fsp3) is 0.636. The van der Waals surface area contributed by atoms with Crippen LogP contribution in [0.1, 0.15) is 41.6 Å². The molecule has 16 heavy (non-hydrogen) atoms. The van der Waals surface area contributed by atoms with Crippen molar-refractivity contribution in [3.63, 3.8) is 0 Å². The van der Waals surface area contributed by atoms with E-state index in [1.807, 2.05) is 14.0 Å². The highest BCUT2D eigenvalue weighted by atomic mass is 32.1. The minimum atomic E-state index is -0.859. The van der Waals surface area contributed by atoms with Gasteiger partial charge in [-0.3, -0.25) is 0 Å². The average Bonchev–Trinajstić information content (AvgIpc) is 2.58. The summed E-state index contributed by atoms with van der Waals surface area (Å²) in [5, 5.41) is 9.90. The number of carbonyl (C=O) groups is 1. The van der Waals surface area contributed by atoms with Crippen molar-refractivity contribution in [1.29, 1.82) is 0 Å². The third-order valence-corrected chi connectivity index (χ3v) is 4.32. The van der Waals surface area contributed by atoms with Crippen molar-refractivity contribution in [1.82, 2.24) is 4.98 Å². The highest BCUT2D eigenvalue weighted by molar-refractivity contribution is 7.17. The van der Waals surface area contributed by atoms with E-state index in [0.717, 1.165) is 5.13 Å². The molecule has 0 amide bonds. The lowest BCUT2D eigenvalue weighted by molar-refractivity contribution is 0.0701. The Morgan fingerprint density at radius 1 is 1.62 bits per heavy atom. The molecule has 0 bridgehead atoms. The zero-order chi connectivity index (χ0) is 11.7. The maximum absolute atomic E-state index is 11.0. The van der Waals surface area contributed by atoms with E-state index in [0.29, 0.717) is 23.0 Å². The highest BCUT2D eigenvalue weighted by Gasteiger charge is 2.26. The van der Waals surface area contributed by atoms with E-state index in [4.69, 9.17) is 5.11 Å². The zero-order valence-corrected chi connectivity index (χ0v) is 10.4. The number of hydrogen-bond acceptors (Lipinski definition) is 4. The van der Waals surface area contributed by atoms with Crippen LogP contribution in [0.3, 0.4) is 0 Å². The van der Waals surface area contributed by atoms with E-state index in [2.05, 4.69) is 9.88 Å². The number of nitrogens with zero attached hydrogens (tertiary/aromatic N) is 2. The van der Waals surface area contributed by atoms with E-state index in [-0.39, 0.29) is 0 Å². The van der Waals surface area contributed by atoms with Gasteiger partial charge in [-0.15, -0.1) is 0 Å². The lowest BCUT2D eigenvalue weighted by atomic mass is 9.92. The first-order chi connectivity index (χ1) is 7.63. The minimum absolute atomic E-state index is 0.392. The van der Waals surface area contributed by atoms with Crippen LogP contribution in [0.5, 0.6) is 0 Å². The normalized spacial score (nSPS) is 15.9. The first-order valence-corrected chi connectivity index (χ1v) is 6.41. The van der Waals surface area contributed by atoms with Gasteiger partial charge in [-0.2, -0.15) is 0 Å². The fourth-order valence-corrected chi connectivity index (χ4v) is 2.85. The molecule has 0 aliphatic heterocycles. The second-order valence-electron chi connectivity index (χ2n) is 4.13. The van der Waals surface area contributed by atoms with Crippen LogP contribution in [-0.4, -0.2) is 29.1 Å². The highest BCUT2D eigenvalue weighted by Crippen LogP contribution is 2.32. The van der Waals surface area contributed by atoms with Gasteiger partial charge in [-0.1, -0.05) is 18.3 Å². The van der Waals surface area contributed by atoms with Crippen LogP contribution in [0.2, 0.25) is 0 Å². The maximum atomic E-state index is 11.0. The Morgan fingerprint density at radius 3 is 2.69 bits per heavy atom. The Hall–Kier alpha value is -1.10. The number of aryl methyl sites for hydroxylation is 1. The number of aromatic carboxylic acids is 1. The number of carboxylic acids is 1. The van der Waals surface area contributed by atoms with Gasteiger partial charge in [0.1, 0.15) is 4.88 Å². The molecular weight excluding hydrogens is 224 g/mol. The molecule has 0 spiro atoms. The standard InChI is InChI=1S/C11H16N2O2S/c1-3-8-9(10(14)15)16-11(12-8)13(2)7-5-4-6-7/h7H,3-6H2,1-2H3,(H,14,15). The van der Waals surface area contributed by atoms with Crippen molar-refractivity contribution in [2.45, 2.75) is 38.6 Å². The Kier molecular flexibility index (Phi) is 3.14. The monoisotopic (exact) mass is 240 g/mol. The van der Waals surface area contributed by atoms with Gasteiger partial charge in [-0.25, -0.2) is 9.78 Å². The molecule has 0 saturated heterocycles. The molecule has 1 saturated carbocycles. The largest absolute Gasteiger partial charge is 0.477 e. The molecule has 88 valence electrons. The predicted molar refractivity (Wildman–Crippen MR) is 64.5 cm³/mol. The van der Waals surface area contributed by atoms with Crippen molar-refractivity contribution < 1.29 is 9.90 Å². The molecule has 1 fully saturated rings. The second-order valence-corrected chi connectivity index (χ2v) is 5.10. The fourth-order valence-electron chi connectivity index (χ4n) is 1.83. The lowest BCUT2D eigenvalue weighted by Gasteiger charge is -2.34. The summed E-state index contributed by atoms with van der Waals surface area (Å²) in [6.07, 6.45) is 4.34. The van der Waals surface area contributed by atoms with E-state index >= 15 is 0 Å². The summed E-state index contributed by atoms with van der Waals surface area (Å²) in [5.74, 6) is -0.859. The summed E-state index contributed by atoms with van der Waals surface area (Å²) in [7, 11) is 2.01. The molecule has 0 unspecified atom stereocenters. The molecule has 0 aromatic carbocycles. The van der Waals surface area contributed by atoms with Crippen LogP contribution in [0.15, 0.2) is 0 Å². The zero-order valence-electron chi connectivity index (χ0n) is 9.56. The molecule has 1 aliphatic carbocycles. The van der Waals surface area contributed by atoms with Gasteiger partial charge in [0.05, 0.1) is 5.69 Å². The van der Waals surface area contributed by atoms with Crippen LogP contribution in [0.4, 0.5) is 5.13 Å². The van der Waals surface area contributed by atoms with Crippen molar-refractivity contribution in [2.75, 3.05) is 11.9 Å². The van der Waals surface area contributed by atoms with Gasteiger partial charge in [0.2, 0.25) is 0 Å². The molecule has 1 heterocycles. The summed E-state index contributed by atoms with van der Waals surface area (Å²) in [5.41, 5.74) is 0.707. The predicted octanol–water partition coefficient (Wildman–Crippen LogP) is 2.39. The topological polar surface area (TPSA) is 53.4 Å². The van der Waals surface area contributed by atoms with Crippen molar-refractivity contribution >= 4 is 22.4 Å². The number of anilines is 1. The van der Waals surface area contributed by atoms with Crippen LogP contribution in [-0.2, 0) is 6.42 Å². The summed E-state index contributed by atoms with van der Waals surface area (Å²) in [4.78, 5) is 18.0. The third kappa shape index (κ3) is 1.91. The Morgan fingerprint density at radius 2 is 2.31 bits per heavy atom. The lowest BCUT2D eigenvalue weighted by Crippen LogP contribution is -2.37. The molecule has 4 nitrogen and oxygen atoms in total. The van der Waals surface area contributed by atoms with Crippen molar-refractivity contribution in [3.8, 4) is 0 Å². The summed E-state index contributed by atoms with van der Waals surface area (Å²) in [6.45, 7) is 1.94. The molecule has 1 aliphatic rings. The van der Waals surface area contributed by atoms with E-state index in [9.17, 15) is 4.79 Å². The van der Waals surface area contributed by atoms with Crippen LogP contribution < -0.4 is 4.90 Å². The second kappa shape index (κ2) is 4.41. The summed E-state index contributed by atoms with van der Waals surface area (Å²) in [6, 6.07) is 0.553. The summed E-state index contributed by atoms with van der Waals surface area (Å²) >= 11 is 1.29. The van der Waals surface area contributed by atoms with Crippen LogP contribution >= 0.6 is 11.3 Å². The molecule has 0 atom stereocenters. The van der Waals surface area contributed by atoms with Gasteiger partial charge >= 0.3 is 5.97 Å². The van der Waals surface area contributed by atoms with Crippen molar-refractivity contribution in [3.05, 3.63) is 10.6 Å². The summed E-state index contributed by atoms with van der Waals surface area (Å²) < 4.78 is 0. The number of aromatic nitrogens is 1. The smallest absolute Gasteiger partial charge is 0.347 e. The van der Waals surface area contributed by atoms with E-state index in [1.54, 1.807) is 0 Å². The Labute approximate surface area is 98.9 Å². The van der Waals surface area contributed by atoms with E-state index < -0.39 is 5.97 Å². The number of rotatable bonds is 4. The molecule has 2 rings (SSSR count). The van der Waals surface area contributed by atoms with Gasteiger partial charge in [0.15, 0.2) is 5.13 Å². The molecular formula is C11H16N2O2S. The Balaban J connectivity index is 2.24. The van der Waals surface area contributed by atoms with Gasteiger partial charge in [0, 0.05) is 13.1 Å². The van der Waals surface area contributed by atoms with Gasteiger partial charge in [-0.05, 0) is 25.7 Å². The maximum Gasteiger partial charge on any atom is 0.347 e. The molecule has 1 aromatic rings. The first-order valence-electron chi connectivity index (χ1n) is 5.59. The SMILES string of the molecule is CCc1nc(N(C)C2CCC2)sc1C(=O)O. The first kappa shape index (κ1) is 11.4. The average molecular weight is 240 g/mol. The third-order valence-electron chi connectivity index (χ3n) is 3.14. The quantitative estimate of drug-likeness (QED) is 0.878. The molecule has 1 aromatic heterocycles.